The van der Waals surface area contributed by atoms with Crippen LogP contribution in [-0.4, -0.2) is 70.8 Å². The second-order valence-corrected chi connectivity index (χ2v) is 8.98. The number of nitrogens with zero attached hydrogens (tertiary/aromatic N) is 4. The van der Waals surface area contributed by atoms with E-state index in [4.69, 9.17) is 0 Å². The fourth-order valence-electron chi connectivity index (χ4n) is 4.79. The van der Waals surface area contributed by atoms with E-state index >= 15 is 0 Å². The van der Waals surface area contributed by atoms with Crippen LogP contribution in [0.2, 0.25) is 0 Å². The number of likely N-dealkylation sites (tertiary alicyclic amines) is 2. The zero-order valence-electron chi connectivity index (χ0n) is 18.9. The molecule has 0 N–H and O–H groups in total. The number of carbonyl (C=O) groups is 3. The minimum atomic E-state index is -0.768. The van der Waals surface area contributed by atoms with Gasteiger partial charge >= 0.3 is 6.03 Å². The van der Waals surface area contributed by atoms with Crippen LogP contribution in [0.5, 0.6) is 0 Å². The fourth-order valence-corrected chi connectivity index (χ4v) is 4.79. The summed E-state index contributed by atoms with van der Waals surface area (Å²) in [5, 5.41) is 0. The minimum absolute atomic E-state index is 0.217. The Morgan fingerprint density at radius 2 is 1.91 bits per heavy atom. The van der Waals surface area contributed by atoms with Gasteiger partial charge in [-0.2, -0.15) is 0 Å². The number of pyridine rings is 1. The highest BCUT2D eigenvalue weighted by atomic mass is 16.2. The molecule has 3 heterocycles. The number of aromatic nitrogens is 1. The van der Waals surface area contributed by atoms with E-state index in [1.165, 1.54) is 15.4 Å². The first-order valence-electron chi connectivity index (χ1n) is 11.2. The summed E-state index contributed by atoms with van der Waals surface area (Å²) in [6, 6.07) is 12.8. The Balaban J connectivity index is 1.52. The third-order valence-electron chi connectivity index (χ3n) is 6.49. The Kier molecular flexibility index (Phi) is 6.26. The number of imide groups is 1. The molecular weight excluding hydrogens is 404 g/mol. The molecule has 0 bridgehead atoms. The number of hydrogen-bond donors (Lipinski definition) is 0. The van der Waals surface area contributed by atoms with Crippen LogP contribution in [0.3, 0.4) is 0 Å². The summed E-state index contributed by atoms with van der Waals surface area (Å²) in [4.78, 5) is 48.1. The standard InChI is InChI=1S/C25H30N4O3/c1-17-14-18(11-12-26-17)15-21-22(24(31)27(2)3)29(23(21)30)25(32)28-13-7-10-20(16-28)19-8-5-4-6-9-19/h4-6,8-9,11-12,14,20-22H,7,10,13,15-16H2,1-3H3/t20-,21+,22-/m0/s1. The Hall–Kier alpha value is -3.22. The first-order valence-corrected chi connectivity index (χ1v) is 11.2. The van der Waals surface area contributed by atoms with E-state index in [0.717, 1.165) is 24.1 Å². The number of hydrogen-bond acceptors (Lipinski definition) is 4. The lowest BCUT2D eigenvalue weighted by Crippen LogP contribution is -2.70. The van der Waals surface area contributed by atoms with Gasteiger partial charge in [0.05, 0.1) is 5.92 Å². The van der Waals surface area contributed by atoms with E-state index in [2.05, 4.69) is 17.1 Å². The van der Waals surface area contributed by atoms with E-state index < -0.39 is 12.0 Å². The molecule has 0 radical (unpaired) electrons. The smallest absolute Gasteiger partial charge is 0.327 e. The maximum absolute atomic E-state index is 13.4. The zero-order chi connectivity index (χ0) is 22.8. The lowest BCUT2D eigenvalue weighted by atomic mass is 9.81. The van der Waals surface area contributed by atoms with Crippen molar-refractivity contribution in [1.82, 2.24) is 19.7 Å². The Morgan fingerprint density at radius 1 is 1.16 bits per heavy atom. The normalized spacial score (nSPS) is 23.0. The molecule has 3 atom stereocenters. The molecule has 32 heavy (non-hydrogen) atoms. The molecule has 0 spiro atoms. The summed E-state index contributed by atoms with van der Waals surface area (Å²) >= 11 is 0. The van der Waals surface area contributed by atoms with Crippen molar-refractivity contribution in [3.8, 4) is 0 Å². The summed E-state index contributed by atoms with van der Waals surface area (Å²) in [5.74, 6) is -0.786. The van der Waals surface area contributed by atoms with Crippen molar-refractivity contribution in [3.63, 3.8) is 0 Å². The number of piperidine rings is 1. The predicted molar refractivity (Wildman–Crippen MR) is 121 cm³/mol. The largest absolute Gasteiger partial charge is 0.347 e. The van der Waals surface area contributed by atoms with Crippen LogP contribution in [0.1, 0.15) is 35.6 Å². The molecular formula is C25H30N4O3. The van der Waals surface area contributed by atoms with Crippen LogP contribution >= 0.6 is 0 Å². The van der Waals surface area contributed by atoms with E-state index in [1.807, 2.05) is 37.3 Å². The number of β-lactam (4-membered cyclic amide) rings is 1. The second-order valence-electron chi connectivity index (χ2n) is 8.98. The quantitative estimate of drug-likeness (QED) is 0.694. The van der Waals surface area contributed by atoms with Crippen molar-refractivity contribution in [2.24, 2.45) is 5.92 Å². The number of rotatable bonds is 4. The molecule has 0 aliphatic carbocycles. The number of likely N-dealkylation sites (N-methyl/N-ethyl adjacent to an activating group) is 1. The molecule has 2 saturated heterocycles. The molecule has 2 aliphatic rings. The van der Waals surface area contributed by atoms with Crippen molar-refractivity contribution < 1.29 is 14.4 Å². The molecule has 1 aromatic carbocycles. The summed E-state index contributed by atoms with van der Waals surface area (Å²) in [6.45, 7) is 3.05. The molecule has 0 unspecified atom stereocenters. The number of urea groups is 1. The summed E-state index contributed by atoms with van der Waals surface area (Å²) in [7, 11) is 3.32. The van der Waals surface area contributed by atoms with Gasteiger partial charge < -0.3 is 9.80 Å². The monoisotopic (exact) mass is 434 g/mol. The van der Waals surface area contributed by atoms with Crippen molar-refractivity contribution in [1.29, 1.82) is 0 Å². The van der Waals surface area contributed by atoms with Crippen LogP contribution in [-0.2, 0) is 16.0 Å². The van der Waals surface area contributed by atoms with Gasteiger partial charge in [-0.3, -0.25) is 19.5 Å². The molecule has 168 valence electrons. The summed E-state index contributed by atoms with van der Waals surface area (Å²) < 4.78 is 0. The SMILES string of the molecule is Cc1cc(C[C@H]2C(=O)N(C(=O)N3CCC[C@H](c4ccccc4)C3)[C@@H]2C(=O)N(C)C)ccn1. The van der Waals surface area contributed by atoms with Crippen LogP contribution in [0.15, 0.2) is 48.7 Å². The van der Waals surface area contributed by atoms with Gasteiger partial charge in [-0.25, -0.2) is 4.79 Å². The molecule has 4 rings (SSSR count). The Bertz CT molecular complexity index is 1010. The molecule has 7 heteroatoms. The number of aryl methyl sites for hydroxylation is 1. The third-order valence-corrected chi connectivity index (χ3v) is 6.49. The molecule has 2 fully saturated rings. The number of amides is 4. The van der Waals surface area contributed by atoms with Gasteiger partial charge in [0.1, 0.15) is 6.04 Å². The molecule has 2 aromatic rings. The maximum atomic E-state index is 13.4. The van der Waals surface area contributed by atoms with Crippen LogP contribution < -0.4 is 0 Å². The van der Waals surface area contributed by atoms with Crippen LogP contribution in [0, 0.1) is 12.8 Å². The fraction of sp³-hybridized carbons (Fsp3) is 0.440. The van der Waals surface area contributed by atoms with Crippen molar-refractivity contribution in [2.45, 2.75) is 38.1 Å². The summed E-state index contributed by atoms with van der Waals surface area (Å²) in [6.07, 6.45) is 4.00. The molecule has 2 aliphatic heterocycles. The average molecular weight is 435 g/mol. The molecule has 0 saturated carbocycles. The third kappa shape index (κ3) is 4.24. The average Bonchev–Trinajstić information content (AvgIpc) is 2.80. The predicted octanol–water partition coefficient (Wildman–Crippen LogP) is 2.85. The van der Waals surface area contributed by atoms with Crippen LogP contribution in [0.4, 0.5) is 4.79 Å². The van der Waals surface area contributed by atoms with Gasteiger partial charge in [-0.05, 0) is 49.4 Å². The first-order chi connectivity index (χ1) is 15.4. The van der Waals surface area contributed by atoms with E-state index in [9.17, 15) is 14.4 Å². The molecule has 7 nitrogen and oxygen atoms in total. The second kappa shape index (κ2) is 9.10. The topological polar surface area (TPSA) is 73.8 Å². The van der Waals surface area contributed by atoms with E-state index in [1.54, 1.807) is 25.2 Å². The maximum Gasteiger partial charge on any atom is 0.327 e. The van der Waals surface area contributed by atoms with Gasteiger partial charge in [-0.15, -0.1) is 0 Å². The Labute approximate surface area is 189 Å². The Morgan fingerprint density at radius 3 is 2.59 bits per heavy atom. The molecule has 1 aromatic heterocycles. The highest BCUT2D eigenvalue weighted by Gasteiger charge is 2.55. The highest BCUT2D eigenvalue weighted by molar-refractivity contribution is 6.09. The van der Waals surface area contributed by atoms with E-state index in [-0.39, 0.29) is 23.8 Å². The number of benzene rings is 1. The first kappa shape index (κ1) is 22.0. The summed E-state index contributed by atoms with van der Waals surface area (Å²) in [5.41, 5.74) is 3.01. The van der Waals surface area contributed by atoms with Crippen molar-refractivity contribution in [2.75, 3.05) is 27.2 Å². The van der Waals surface area contributed by atoms with Gasteiger partial charge in [0.2, 0.25) is 11.8 Å². The van der Waals surface area contributed by atoms with E-state index in [0.29, 0.717) is 19.5 Å². The van der Waals surface area contributed by atoms with Gasteiger partial charge in [0.25, 0.3) is 0 Å². The van der Waals surface area contributed by atoms with Crippen LogP contribution in [0.25, 0.3) is 0 Å². The highest BCUT2D eigenvalue weighted by Crippen LogP contribution is 2.34. The lowest BCUT2D eigenvalue weighted by molar-refractivity contribution is -0.161. The van der Waals surface area contributed by atoms with Gasteiger partial charge in [0, 0.05) is 45.0 Å². The minimum Gasteiger partial charge on any atom is -0.347 e. The van der Waals surface area contributed by atoms with Gasteiger partial charge in [-0.1, -0.05) is 30.3 Å². The van der Waals surface area contributed by atoms with Gasteiger partial charge in [0.15, 0.2) is 0 Å². The number of carbonyl (C=O) groups excluding carboxylic acids is 3. The lowest BCUT2D eigenvalue weighted by Gasteiger charge is -2.48. The van der Waals surface area contributed by atoms with Crippen molar-refractivity contribution >= 4 is 17.8 Å². The van der Waals surface area contributed by atoms with Crippen molar-refractivity contribution in [3.05, 3.63) is 65.5 Å². The molecule has 4 amide bonds. The zero-order valence-corrected chi connectivity index (χ0v) is 18.9.